The Bertz CT molecular complexity index is 1170. The van der Waals surface area contributed by atoms with Crippen LogP contribution in [0.5, 0.6) is 11.5 Å². The van der Waals surface area contributed by atoms with Gasteiger partial charge in [0.2, 0.25) is 6.79 Å². The zero-order valence-electron chi connectivity index (χ0n) is 14.1. The molecule has 27 heavy (non-hydrogen) atoms. The van der Waals surface area contributed by atoms with E-state index in [4.69, 9.17) is 9.47 Å². The normalized spacial score (nSPS) is 12.9. The van der Waals surface area contributed by atoms with Gasteiger partial charge in [0, 0.05) is 21.8 Å². The molecule has 0 spiro atoms. The van der Waals surface area contributed by atoms with E-state index >= 15 is 0 Å². The smallest absolute Gasteiger partial charge is 0.231 e. The fourth-order valence-corrected chi connectivity index (χ4v) is 3.41. The molecule has 2 heterocycles. The number of benzene rings is 3. The van der Waals surface area contributed by atoms with Crippen LogP contribution in [0.3, 0.4) is 0 Å². The Balaban J connectivity index is 1.46. The number of fused-ring (bicyclic) bond motifs is 2. The summed E-state index contributed by atoms with van der Waals surface area (Å²) in [6, 6.07) is 19.8. The summed E-state index contributed by atoms with van der Waals surface area (Å²) >= 11 is 3.55. The summed E-state index contributed by atoms with van der Waals surface area (Å²) in [4.78, 5) is 12.6. The molecular weight excluding hydrogens is 406 g/mol. The first kappa shape index (κ1) is 16.1. The van der Waals surface area contributed by atoms with E-state index in [9.17, 15) is 0 Å². The third kappa shape index (κ3) is 3.08. The van der Waals surface area contributed by atoms with Crippen molar-refractivity contribution < 1.29 is 9.47 Å². The van der Waals surface area contributed by atoms with Crippen LogP contribution in [0.25, 0.3) is 22.4 Å². The number of imidazole rings is 1. The van der Waals surface area contributed by atoms with Crippen LogP contribution in [-0.4, -0.2) is 23.0 Å². The molecule has 0 bridgehead atoms. The number of nitrogens with zero attached hydrogens (tertiary/aromatic N) is 2. The molecule has 6 heteroatoms. The highest BCUT2D eigenvalue weighted by Gasteiger charge is 2.15. The van der Waals surface area contributed by atoms with Crippen molar-refractivity contribution >= 4 is 38.9 Å². The summed E-state index contributed by atoms with van der Waals surface area (Å²) in [6.45, 7) is 0.253. The van der Waals surface area contributed by atoms with E-state index in [1.54, 1.807) is 0 Å². The fraction of sp³-hybridized carbons (Fsp3) is 0.0476. The van der Waals surface area contributed by atoms with Gasteiger partial charge in [0.05, 0.1) is 16.7 Å². The summed E-state index contributed by atoms with van der Waals surface area (Å²) in [7, 11) is 0. The number of ether oxygens (including phenoxy) is 2. The van der Waals surface area contributed by atoms with Crippen molar-refractivity contribution in [1.82, 2.24) is 9.97 Å². The van der Waals surface area contributed by atoms with Crippen molar-refractivity contribution in [1.29, 1.82) is 0 Å². The molecule has 5 nitrogen and oxygen atoms in total. The largest absolute Gasteiger partial charge is 0.454 e. The number of aromatic nitrogens is 2. The molecule has 0 radical (unpaired) electrons. The quantitative estimate of drug-likeness (QED) is 0.447. The van der Waals surface area contributed by atoms with E-state index in [-0.39, 0.29) is 6.79 Å². The number of rotatable bonds is 3. The number of nitrogens with one attached hydrogen (secondary N) is 1. The Labute approximate surface area is 163 Å². The Hall–Kier alpha value is -3.12. The van der Waals surface area contributed by atoms with Crippen LogP contribution in [0, 0.1) is 0 Å². The molecule has 0 unspecified atom stereocenters. The van der Waals surface area contributed by atoms with Crippen LogP contribution in [0.1, 0.15) is 5.56 Å². The summed E-state index contributed by atoms with van der Waals surface area (Å²) in [5.41, 5.74) is 4.69. The maximum absolute atomic E-state index is 5.43. The van der Waals surface area contributed by atoms with Crippen molar-refractivity contribution in [3.63, 3.8) is 0 Å². The van der Waals surface area contributed by atoms with Crippen LogP contribution in [0.15, 0.2) is 70.1 Å². The molecule has 0 saturated heterocycles. The predicted octanol–water partition coefficient (Wildman–Crippen LogP) is 5.47. The van der Waals surface area contributed by atoms with E-state index in [1.165, 1.54) is 0 Å². The molecule has 1 aromatic heterocycles. The van der Waals surface area contributed by atoms with Gasteiger partial charge in [0.25, 0.3) is 0 Å². The molecule has 1 N–H and O–H groups in total. The molecule has 3 aromatic carbocycles. The lowest BCUT2D eigenvalue weighted by Crippen LogP contribution is -1.92. The standard InChI is InChI=1S/C21H14BrN3O2/c22-16-10-20-19(26-12-27-20)8-14(16)11-23-15-6-7-17-18(9-15)25-21(24-17)13-4-2-1-3-5-13/h1-11H,12H2,(H,24,25). The van der Waals surface area contributed by atoms with Gasteiger partial charge in [0.1, 0.15) is 5.82 Å². The first-order valence-corrected chi connectivity index (χ1v) is 9.24. The SMILES string of the molecule is Brc1cc2c(cc1C=Nc1ccc3nc(-c4ccccc4)[nH]c3c1)OCO2. The summed E-state index contributed by atoms with van der Waals surface area (Å²) in [5.74, 6) is 2.33. The lowest BCUT2D eigenvalue weighted by molar-refractivity contribution is 0.174. The van der Waals surface area contributed by atoms with Crippen LogP contribution >= 0.6 is 15.9 Å². The molecule has 0 saturated carbocycles. The maximum atomic E-state index is 5.43. The first-order chi connectivity index (χ1) is 13.3. The third-order valence-corrected chi connectivity index (χ3v) is 5.04. The minimum atomic E-state index is 0.253. The highest BCUT2D eigenvalue weighted by molar-refractivity contribution is 9.10. The van der Waals surface area contributed by atoms with Gasteiger partial charge in [-0.2, -0.15) is 0 Å². The second kappa shape index (κ2) is 6.55. The van der Waals surface area contributed by atoms with Crippen LogP contribution in [-0.2, 0) is 0 Å². The maximum Gasteiger partial charge on any atom is 0.231 e. The summed E-state index contributed by atoms with van der Waals surface area (Å²) in [5, 5.41) is 0. The topological polar surface area (TPSA) is 59.5 Å². The first-order valence-electron chi connectivity index (χ1n) is 8.45. The van der Waals surface area contributed by atoms with E-state index in [1.807, 2.05) is 66.9 Å². The number of halogens is 1. The Morgan fingerprint density at radius 1 is 1.00 bits per heavy atom. The van der Waals surface area contributed by atoms with Gasteiger partial charge < -0.3 is 14.5 Å². The molecule has 4 aromatic rings. The van der Waals surface area contributed by atoms with Gasteiger partial charge in [-0.05, 0) is 46.3 Å². The van der Waals surface area contributed by atoms with E-state index in [2.05, 4.69) is 30.9 Å². The zero-order chi connectivity index (χ0) is 18.2. The fourth-order valence-electron chi connectivity index (χ4n) is 2.99. The molecule has 132 valence electrons. The number of aromatic amines is 1. The van der Waals surface area contributed by atoms with Gasteiger partial charge in [0.15, 0.2) is 11.5 Å². The van der Waals surface area contributed by atoms with Crippen molar-refractivity contribution in [3.05, 3.63) is 70.7 Å². The van der Waals surface area contributed by atoms with Crippen LogP contribution in [0.4, 0.5) is 5.69 Å². The van der Waals surface area contributed by atoms with Gasteiger partial charge in [-0.15, -0.1) is 0 Å². The minimum Gasteiger partial charge on any atom is -0.454 e. The van der Waals surface area contributed by atoms with Crippen LogP contribution < -0.4 is 9.47 Å². The van der Waals surface area contributed by atoms with Crippen LogP contribution in [0.2, 0.25) is 0 Å². The number of aliphatic imine (C=N–C) groups is 1. The average molecular weight is 420 g/mol. The van der Waals surface area contributed by atoms with E-state index < -0.39 is 0 Å². The van der Waals surface area contributed by atoms with Gasteiger partial charge >= 0.3 is 0 Å². The second-order valence-electron chi connectivity index (χ2n) is 6.14. The second-order valence-corrected chi connectivity index (χ2v) is 6.99. The number of hydrogen-bond acceptors (Lipinski definition) is 4. The van der Waals surface area contributed by atoms with E-state index in [0.717, 1.165) is 49.6 Å². The molecule has 0 aliphatic carbocycles. The monoisotopic (exact) mass is 419 g/mol. The average Bonchev–Trinajstić information content (AvgIpc) is 3.32. The van der Waals surface area contributed by atoms with Crippen molar-refractivity contribution in [2.45, 2.75) is 0 Å². The molecule has 0 atom stereocenters. The van der Waals surface area contributed by atoms with Gasteiger partial charge in [-0.1, -0.05) is 30.3 Å². The molecule has 5 rings (SSSR count). The highest BCUT2D eigenvalue weighted by atomic mass is 79.9. The molecule has 1 aliphatic heterocycles. The van der Waals surface area contributed by atoms with Crippen molar-refractivity contribution in [2.24, 2.45) is 4.99 Å². The Morgan fingerprint density at radius 2 is 1.81 bits per heavy atom. The predicted molar refractivity (Wildman–Crippen MR) is 109 cm³/mol. The lowest BCUT2D eigenvalue weighted by atomic mass is 10.2. The number of H-pyrrole nitrogens is 1. The minimum absolute atomic E-state index is 0.253. The van der Waals surface area contributed by atoms with Crippen molar-refractivity contribution in [2.75, 3.05) is 6.79 Å². The lowest BCUT2D eigenvalue weighted by Gasteiger charge is -2.01. The van der Waals surface area contributed by atoms with Gasteiger partial charge in [-0.25, -0.2) is 4.98 Å². The van der Waals surface area contributed by atoms with E-state index in [0.29, 0.717) is 0 Å². The molecular formula is C21H14BrN3O2. The molecule has 1 aliphatic rings. The number of hydrogen-bond donors (Lipinski definition) is 1. The third-order valence-electron chi connectivity index (χ3n) is 4.36. The van der Waals surface area contributed by atoms with Gasteiger partial charge in [-0.3, -0.25) is 4.99 Å². The summed E-state index contributed by atoms with van der Waals surface area (Å²) in [6.07, 6.45) is 1.81. The highest BCUT2D eigenvalue weighted by Crippen LogP contribution is 2.36. The Morgan fingerprint density at radius 3 is 2.67 bits per heavy atom. The summed E-state index contributed by atoms with van der Waals surface area (Å²) < 4.78 is 11.7. The zero-order valence-corrected chi connectivity index (χ0v) is 15.7. The molecule has 0 amide bonds. The van der Waals surface area contributed by atoms with Crippen molar-refractivity contribution in [3.8, 4) is 22.9 Å². The Kier molecular flexibility index (Phi) is 3.90. The molecule has 0 fully saturated rings.